The van der Waals surface area contributed by atoms with Gasteiger partial charge in [-0.1, -0.05) is 42.0 Å². The fourth-order valence-corrected chi connectivity index (χ4v) is 4.32. The van der Waals surface area contributed by atoms with Crippen molar-refractivity contribution in [2.75, 3.05) is 15.9 Å². The predicted octanol–water partition coefficient (Wildman–Crippen LogP) is 4.81. The number of carbonyl (C=O) groups excluding carboxylic acids is 1. The number of aromatic nitrogens is 1. The van der Waals surface area contributed by atoms with Gasteiger partial charge in [0.25, 0.3) is 0 Å². The first-order valence-electron chi connectivity index (χ1n) is 9.53. The normalized spacial score (nSPS) is 14.1. The Kier molecular flexibility index (Phi) is 5.56. The molecule has 8 heteroatoms. The fourth-order valence-electron chi connectivity index (χ4n) is 3.56. The average molecular weight is 454 g/mol. The van der Waals surface area contributed by atoms with Gasteiger partial charge in [-0.2, -0.15) is 0 Å². The number of rotatable bonds is 3. The minimum atomic E-state index is -3.45. The molecule has 0 atom stereocenters. The summed E-state index contributed by atoms with van der Waals surface area (Å²) in [6.45, 7) is 1.87. The van der Waals surface area contributed by atoms with E-state index in [0.717, 1.165) is 28.6 Å². The van der Waals surface area contributed by atoms with Gasteiger partial charge in [0.2, 0.25) is 15.9 Å². The summed E-state index contributed by atoms with van der Waals surface area (Å²) in [7, 11) is -3.45. The van der Waals surface area contributed by atoms with E-state index in [2.05, 4.69) is 9.71 Å². The molecule has 1 aromatic heterocycles. The molecular formula is C23H20ClN3O3S. The molecule has 1 aliphatic rings. The Morgan fingerprint density at radius 2 is 1.84 bits per heavy atom. The third-order valence-electron chi connectivity index (χ3n) is 4.95. The zero-order valence-electron chi connectivity index (χ0n) is 17.0. The Morgan fingerprint density at radius 3 is 2.58 bits per heavy atom. The zero-order chi connectivity index (χ0) is 22.2. The summed E-state index contributed by atoms with van der Waals surface area (Å²) < 4.78 is 26.1. The van der Waals surface area contributed by atoms with Crippen LogP contribution in [0.25, 0.3) is 23.4 Å². The van der Waals surface area contributed by atoms with Crippen LogP contribution in [0.15, 0.2) is 54.7 Å². The maximum atomic E-state index is 12.5. The van der Waals surface area contributed by atoms with Crippen LogP contribution in [0.4, 0.5) is 11.4 Å². The summed E-state index contributed by atoms with van der Waals surface area (Å²) in [6, 6.07) is 14.4. The minimum absolute atomic E-state index is 0.0951. The summed E-state index contributed by atoms with van der Waals surface area (Å²) in [5.41, 5.74) is 5.10. The number of amides is 1. The third-order valence-corrected chi connectivity index (χ3v) is 5.78. The second kappa shape index (κ2) is 8.17. The fraction of sp³-hybridized carbons (Fsp3) is 0.130. The van der Waals surface area contributed by atoms with Crippen LogP contribution < -0.4 is 9.62 Å². The molecule has 158 valence electrons. The second-order valence-corrected chi connectivity index (χ2v) is 9.51. The first-order chi connectivity index (χ1) is 14.7. The highest BCUT2D eigenvalue weighted by molar-refractivity contribution is 7.92. The van der Waals surface area contributed by atoms with Crippen LogP contribution in [-0.4, -0.2) is 25.6 Å². The maximum absolute atomic E-state index is 12.5. The SMILES string of the molecule is CC(=O)N1Cc2cc(-c3ccccc3NS(C)(=O)=O)ncc2/C=C\c2cc(Cl)ccc21. The number of carbonyl (C=O) groups is 1. The lowest BCUT2D eigenvalue weighted by Gasteiger charge is -2.26. The van der Waals surface area contributed by atoms with Gasteiger partial charge in [0.1, 0.15) is 0 Å². The van der Waals surface area contributed by atoms with Gasteiger partial charge in [-0.15, -0.1) is 0 Å². The number of hydrogen-bond acceptors (Lipinski definition) is 4. The van der Waals surface area contributed by atoms with E-state index in [1.165, 1.54) is 6.92 Å². The van der Waals surface area contributed by atoms with Gasteiger partial charge in [0.05, 0.1) is 29.9 Å². The minimum Gasteiger partial charge on any atom is -0.308 e. The van der Waals surface area contributed by atoms with E-state index in [4.69, 9.17) is 11.6 Å². The predicted molar refractivity (Wildman–Crippen MR) is 125 cm³/mol. The van der Waals surface area contributed by atoms with Gasteiger partial charge in [0.15, 0.2) is 0 Å². The molecular weight excluding hydrogens is 434 g/mol. The molecule has 0 fully saturated rings. The Hall–Kier alpha value is -3.16. The van der Waals surface area contributed by atoms with E-state index in [9.17, 15) is 13.2 Å². The molecule has 1 N–H and O–H groups in total. The summed E-state index contributed by atoms with van der Waals surface area (Å²) in [5.74, 6) is -0.0951. The molecule has 0 aliphatic carbocycles. The summed E-state index contributed by atoms with van der Waals surface area (Å²) >= 11 is 6.15. The highest BCUT2D eigenvalue weighted by Gasteiger charge is 2.20. The highest BCUT2D eigenvalue weighted by Crippen LogP contribution is 2.33. The van der Waals surface area contributed by atoms with Gasteiger partial charge in [-0.3, -0.25) is 14.5 Å². The lowest BCUT2D eigenvalue weighted by molar-refractivity contribution is -0.116. The van der Waals surface area contributed by atoms with Crippen LogP contribution >= 0.6 is 11.6 Å². The van der Waals surface area contributed by atoms with Crippen molar-refractivity contribution in [2.45, 2.75) is 13.5 Å². The quantitative estimate of drug-likeness (QED) is 0.617. The van der Waals surface area contributed by atoms with Crippen LogP contribution in [0.2, 0.25) is 5.02 Å². The van der Waals surface area contributed by atoms with Crippen LogP contribution in [0.5, 0.6) is 0 Å². The molecule has 0 saturated heterocycles. The standard InChI is InChI=1S/C23H20ClN3O3S/c1-15(28)27-14-18-12-22(20-5-3-4-6-21(20)26-31(2,29)30)25-13-17(18)8-7-16-11-19(24)9-10-23(16)27/h3-13,26H,14H2,1-2H3/b8-7-. The van der Waals surface area contributed by atoms with Gasteiger partial charge >= 0.3 is 0 Å². The van der Waals surface area contributed by atoms with Gasteiger partial charge in [0, 0.05) is 23.7 Å². The Balaban J connectivity index is 1.83. The molecule has 0 saturated carbocycles. The lowest BCUT2D eigenvalue weighted by Crippen LogP contribution is -2.29. The van der Waals surface area contributed by atoms with Gasteiger partial charge in [-0.25, -0.2) is 8.42 Å². The number of para-hydroxylation sites is 1. The summed E-state index contributed by atoms with van der Waals surface area (Å²) in [4.78, 5) is 18.7. The Morgan fingerprint density at radius 1 is 1.10 bits per heavy atom. The van der Waals surface area contributed by atoms with Crippen molar-refractivity contribution in [3.05, 3.63) is 76.4 Å². The van der Waals surface area contributed by atoms with Crippen molar-refractivity contribution in [1.29, 1.82) is 0 Å². The van der Waals surface area contributed by atoms with E-state index in [-0.39, 0.29) is 5.91 Å². The average Bonchev–Trinajstić information content (AvgIpc) is 2.69. The molecule has 6 nitrogen and oxygen atoms in total. The molecule has 0 bridgehead atoms. The number of hydrogen-bond donors (Lipinski definition) is 1. The number of pyridine rings is 1. The Labute approximate surface area is 186 Å². The van der Waals surface area contributed by atoms with Crippen molar-refractivity contribution in [3.8, 4) is 11.3 Å². The van der Waals surface area contributed by atoms with Crippen molar-refractivity contribution < 1.29 is 13.2 Å². The molecule has 0 unspecified atom stereocenters. The molecule has 3 aromatic rings. The molecule has 2 aromatic carbocycles. The van der Waals surface area contributed by atoms with Crippen LogP contribution in [0.3, 0.4) is 0 Å². The van der Waals surface area contributed by atoms with E-state index in [0.29, 0.717) is 28.5 Å². The Bertz CT molecular complexity index is 1320. The number of sulfonamides is 1. The van der Waals surface area contributed by atoms with Gasteiger partial charge in [-0.05, 0) is 47.0 Å². The lowest BCUT2D eigenvalue weighted by atomic mass is 10.00. The van der Waals surface area contributed by atoms with E-state index in [1.807, 2.05) is 36.4 Å². The second-order valence-electron chi connectivity index (χ2n) is 7.33. The monoisotopic (exact) mass is 453 g/mol. The van der Waals surface area contributed by atoms with Crippen LogP contribution in [-0.2, 0) is 21.4 Å². The molecule has 2 heterocycles. The van der Waals surface area contributed by atoms with Crippen LogP contribution in [0.1, 0.15) is 23.6 Å². The van der Waals surface area contributed by atoms with Crippen LogP contribution in [0, 0.1) is 0 Å². The topological polar surface area (TPSA) is 79.4 Å². The molecule has 0 radical (unpaired) electrons. The molecule has 1 aliphatic heterocycles. The van der Waals surface area contributed by atoms with Crippen molar-refractivity contribution >= 4 is 51.1 Å². The number of nitrogens with zero attached hydrogens (tertiary/aromatic N) is 2. The largest absolute Gasteiger partial charge is 0.308 e. The number of halogens is 1. The third kappa shape index (κ3) is 4.62. The smallest absolute Gasteiger partial charge is 0.229 e. The van der Waals surface area contributed by atoms with Crippen molar-refractivity contribution in [1.82, 2.24) is 4.98 Å². The molecule has 4 rings (SSSR count). The van der Waals surface area contributed by atoms with Crippen molar-refractivity contribution in [3.63, 3.8) is 0 Å². The number of benzene rings is 2. The molecule has 0 spiro atoms. The first-order valence-corrected chi connectivity index (χ1v) is 11.8. The number of nitrogens with one attached hydrogen (secondary N) is 1. The van der Waals surface area contributed by atoms with E-state index >= 15 is 0 Å². The van der Waals surface area contributed by atoms with Crippen molar-refractivity contribution in [2.24, 2.45) is 0 Å². The molecule has 31 heavy (non-hydrogen) atoms. The summed E-state index contributed by atoms with van der Waals surface area (Å²) in [5, 5.41) is 0.594. The molecule has 1 amide bonds. The van der Waals surface area contributed by atoms with E-state index in [1.54, 1.807) is 35.4 Å². The number of fused-ring (bicyclic) bond motifs is 2. The zero-order valence-corrected chi connectivity index (χ0v) is 18.5. The number of anilines is 2. The van der Waals surface area contributed by atoms with E-state index < -0.39 is 10.0 Å². The maximum Gasteiger partial charge on any atom is 0.229 e. The highest BCUT2D eigenvalue weighted by atomic mass is 35.5. The first kappa shape index (κ1) is 21.1. The van der Waals surface area contributed by atoms with Gasteiger partial charge < -0.3 is 4.90 Å². The summed E-state index contributed by atoms with van der Waals surface area (Å²) in [6.07, 6.45) is 6.69.